The number of hydrogen-bond acceptors (Lipinski definition) is 3. The van der Waals surface area contributed by atoms with Crippen LogP contribution in [0.25, 0.3) is 0 Å². The van der Waals surface area contributed by atoms with E-state index in [2.05, 4.69) is 5.32 Å². The van der Waals surface area contributed by atoms with Gasteiger partial charge in [0.05, 0.1) is 6.54 Å². The zero-order chi connectivity index (χ0) is 12.8. The van der Waals surface area contributed by atoms with Crippen molar-refractivity contribution in [2.75, 3.05) is 20.1 Å². The monoisotopic (exact) mass is 240 g/mol. The number of hydrogen-bond donors (Lipinski definition) is 2. The number of nitrogens with zero attached hydrogens (tertiary/aromatic N) is 1. The summed E-state index contributed by atoms with van der Waals surface area (Å²) in [7, 11) is 1.71. The minimum Gasteiger partial charge on any atom is -0.508 e. The van der Waals surface area contributed by atoms with Crippen LogP contribution in [0.4, 0.5) is 4.39 Å². The Bertz CT molecular complexity index is 396. The molecule has 1 aromatic carbocycles. The van der Waals surface area contributed by atoms with Gasteiger partial charge >= 0.3 is 0 Å². The highest BCUT2D eigenvalue weighted by molar-refractivity contribution is 5.77. The fourth-order valence-corrected chi connectivity index (χ4v) is 1.31. The summed E-state index contributed by atoms with van der Waals surface area (Å²) in [5, 5.41) is 12.3. The minimum absolute atomic E-state index is 0.0233. The standard InChI is InChI=1S/C12H17FN2O2/c1-3-15(2)12(17)8-14-7-9-6-10(13)4-5-11(9)16/h4-6,14,16H,3,7-8H2,1-2H3. The molecule has 94 valence electrons. The summed E-state index contributed by atoms with van der Waals surface area (Å²) < 4.78 is 12.9. The number of phenols is 1. The minimum atomic E-state index is -0.406. The van der Waals surface area contributed by atoms with E-state index in [0.717, 1.165) is 0 Å². The second kappa shape index (κ2) is 6.20. The topological polar surface area (TPSA) is 52.6 Å². The van der Waals surface area contributed by atoms with Crippen LogP contribution in [0.1, 0.15) is 12.5 Å². The maximum absolute atomic E-state index is 12.9. The van der Waals surface area contributed by atoms with Crippen LogP contribution in [0, 0.1) is 5.82 Å². The van der Waals surface area contributed by atoms with Crippen molar-refractivity contribution < 1.29 is 14.3 Å². The van der Waals surface area contributed by atoms with Gasteiger partial charge in [-0.1, -0.05) is 0 Å². The quantitative estimate of drug-likeness (QED) is 0.810. The van der Waals surface area contributed by atoms with Gasteiger partial charge in [-0.25, -0.2) is 4.39 Å². The Balaban J connectivity index is 2.46. The largest absolute Gasteiger partial charge is 0.508 e. The van der Waals surface area contributed by atoms with E-state index in [1.165, 1.54) is 18.2 Å². The third-order valence-corrected chi connectivity index (χ3v) is 2.53. The molecule has 0 atom stereocenters. The van der Waals surface area contributed by atoms with Crippen LogP contribution >= 0.6 is 0 Å². The molecule has 0 aromatic heterocycles. The van der Waals surface area contributed by atoms with Crippen molar-refractivity contribution in [2.45, 2.75) is 13.5 Å². The normalized spacial score (nSPS) is 10.3. The number of benzene rings is 1. The van der Waals surface area contributed by atoms with Crippen LogP contribution in [0.3, 0.4) is 0 Å². The molecule has 0 aliphatic heterocycles. The number of phenolic OH excluding ortho intramolecular Hbond substituents is 1. The number of rotatable bonds is 5. The highest BCUT2D eigenvalue weighted by Crippen LogP contribution is 2.17. The number of nitrogens with one attached hydrogen (secondary N) is 1. The Hall–Kier alpha value is -1.62. The van der Waals surface area contributed by atoms with Gasteiger partial charge in [0.1, 0.15) is 11.6 Å². The average Bonchev–Trinajstić information content (AvgIpc) is 2.32. The molecular weight excluding hydrogens is 223 g/mol. The molecule has 0 spiro atoms. The highest BCUT2D eigenvalue weighted by Gasteiger charge is 2.07. The van der Waals surface area contributed by atoms with Gasteiger partial charge in [0.15, 0.2) is 0 Å². The number of halogens is 1. The Labute approximate surface area is 100 Å². The summed E-state index contributed by atoms with van der Waals surface area (Å²) in [5.74, 6) is -0.421. The molecule has 17 heavy (non-hydrogen) atoms. The summed E-state index contributed by atoms with van der Waals surface area (Å²) in [6, 6.07) is 3.73. The first kappa shape index (κ1) is 13.4. The molecule has 0 saturated carbocycles. The molecule has 1 aromatic rings. The van der Waals surface area contributed by atoms with E-state index in [4.69, 9.17) is 0 Å². The molecule has 1 amide bonds. The predicted octanol–water partition coefficient (Wildman–Crippen LogP) is 1.10. The van der Waals surface area contributed by atoms with Crippen molar-refractivity contribution in [3.8, 4) is 5.75 Å². The van der Waals surface area contributed by atoms with Gasteiger partial charge in [0.25, 0.3) is 0 Å². The third-order valence-electron chi connectivity index (χ3n) is 2.53. The predicted molar refractivity (Wildman–Crippen MR) is 63.1 cm³/mol. The van der Waals surface area contributed by atoms with E-state index in [1.54, 1.807) is 11.9 Å². The van der Waals surface area contributed by atoms with Crippen LogP contribution in [-0.4, -0.2) is 36.1 Å². The van der Waals surface area contributed by atoms with E-state index < -0.39 is 5.82 Å². The van der Waals surface area contributed by atoms with Gasteiger partial charge in [-0.2, -0.15) is 0 Å². The molecule has 0 unspecified atom stereocenters. The first-order valence-corrected chi connectivity index (χ1v) is 5.46. The smallest absolute Gasteiger partial charge is 0.236 e. The van der Waals surface area contributed by atoms with Crippen LogP contribution in [0.15, 0.2) is 18.2 Å². The lowest BCUT2D eigenvalue weighted by molar-refractivity contribution is -0.128. The van der Waals surface area contributed by atoms with E-state index in [9.17, 15) is 14.3 Å². The maximum Gasteiger partial charge on any atom is 0.236 e. The van der Waals surface area contributed by atoms with Gasteiger partial charge in [0, 0.05) is 25.7 Å². The number of carbonyl (C=O) groups excluding carboxylic acids is 1. The van der Waals surface area contributed by atoms with Crippen LogP contribution < -0.4 is 5.32 Å². The summed E-state index contributed by atoms with van der Waals surface area (Å²) in [6.07, 6.45) is 0. The molecule has 1 rings (SSSR count). The van der Waals surface area contributed by atoms with Gasteiger partial charge in [-0.3, -0.25) is 4.79 Å². The molecule has 0 bridgehead atoms. The summed E-state index contributed by atoms with van der Waals surface area (Å²) in [6.45, 7) is 2.95. The molecule has 0 heterocycles. The van der Waals surface area contributed by atoms with Crippen molar-refractivity contribution in [1.82, 2.24) is 10.2 Å². The fourth-order valence-electron chi connectivity index (χ4n) is 1.31. The van der Waals surface area contributed by atoms with Crippen molar-refractivity contribution in [2.24, 2.45) is 0 Å². The molecule has 0 radical (unpaired) electrons. The fraction of sp³-hybridized carbons (Fsp3) is 0.417. The molecule has 0 saturated heterocycles. The maximum atomic E-state index is 12.9. The third kappa shape index (κ3) is 4.03. The second-order valence-corrected chi connectivity index (χ2v) is 3.78. The lowest BCUT2D eigenvalue weighted by Gasteiger charge is -2.14. The zero-order valence-electron chi connectivity index (χ0n) is 10.0. The first-order chi connectivity index (χ1) is 8.04. The number of carbonyl (C=O) groups is 1. The summed E-state index contributed by atoms with van der Waals surface area (Å²) >= 11 is 0. The lowest BCUT2D eigenvalue weighted by atomic mass is 10.2. The molecular formula is C12H17FN2O2. The molecule has 0 aliphatic carbocycles. The van der Waals surface area contributed by atoms with Gasteiger partial charge in [0.2, 0.25) is 5.91 Å². The lowest BCUT2D eigenvalue weighted by Crippen LogP contribution is -2.35. The van der Waals surface area contributed by atoms with Gasteiger partial charge in [-0.15, -0.1) is 0 Å². The molecule has 2 N–H and O–H groups in total. The Morgan fingerprint density at radius 2 is 2.24 bits per heavy atom. The van der Waals surface area contributed by atoms with E-state index >= 15 is 0 Å². The molecule has 5 heteroatoms. The molecule has 0 fully saturated rings. The van der Waals surface area contributed by atoms with Crippen molar-refractivity contribution in [3.05, 3.63) is 29.6 Å². The Morgan fingerprint density at radius 1 is 1.53 bits per heavy atom. The summed E-state index contributed by atoms with van der Waals surface area (Å²) in [4.78, 5) is 13.0. The number of likely N-dealkylation sites (N-methyl/N-ethyl adjacent to an activating group) is 1. The van der Waals surface area contributed by atoms with E-state index in [0.29, 0.717) is 12.1 Å². The average molecular weight is 240 g/mol. The Morgan fingerprint density at radius 3 is 2.88 bits per heavy atom. The first-order valence-electron chi connectivity index (χ1n) is 5.46. The van der Waals surface area contributed by atoms with Crippen LogP contribution in [0.5, 0.6) is 5.75 Å². The molecule has 4 nitrogen and oxygen atoms in total. The van der Waals surface area contributed by atoms with Gasteiger partial charge < -0.3 is 15.3 Å². The molecule has 0 aliphatic rings. The van der Waals surface area contributed by atoms with Crippen LogP contribution in [0.2, 0.25) is 0 Å². The van der Waals surface area contributed by atoms with Crippen molar-refractivity contribution in [1.29, 1.82) is 0 Å². The highest BCUT2D eigenvalue weighted by atomic mass is 19.1. The van der Waals surface area contributed by atoms with Crippen molar-refractivity contribution in [3.63, 3.8) is 0 Å². The second-order valence-electron chi connectivity index (χ2n) is 3.78. The van der Waals surface area contributed by atoms with Crippen LogP contribution in [-0.2, 0) is 11.3 Å². The van der Waals surface area contributed by atoms with E-state index in [-0.39, 0.29) is 24.7 Å². The van der Waals surface area contributed by atoms with Crippen molar-refractivity contribution >= 4 is 5.91 Å². The SMILES string of the molecule is CCN(C)C(=O)CNCc1cc(F)ccc1O. The number of amides is 1. The zero-order valence-corrected chi connectivity index (χ0v) is 10.0. The summed E-state index contributed by atoms with van der Waals surface area (Å²) in [5.41, 5.74) is 0.442. The Kier molecular flexibility index (Phi) is 4.90. The van der Waals surface area contributed by atoms with E-state index in [1.807, 2.05) is 6.92 Å². The number of aromatic hydroxyl groups is 1. The van der Waals surface area contributed by atoms with Gasteiger partial charge in [-0.05, 0) is 25.1 Å².